The van der Waals surface area contributed by atoms with Crippen LogP contribution in [0.1, 0.15) is 24.1 Å². The highest BCUT2D eigenvalue weighted by atomic mass is 19.1. The summed E-state index contributed by atoms with van der Waals surface area (Å²) in [6.07, 6.45) is 1.71. The van der Waals surface area contributed by atoms with Crippen LogP contribution in [0.3, 0.4) is 0 Å². The molecule has 0 unspecified atom stereocenters. The smallest absolute Gasteiger partial charge is 0.131 e. The van der Waals surface area contributed by atoms with E-state index in [0.717, 1.165) is 22.3 Å². The van der Waals surface area contributed by atoms with E-state index < -0.39 is 0 Å². The molecule has 4 nitrogen and oxygen atoms in total. The van der Waals surface area contributed by atoms with E-state index in [4.69, 9.17) is 5.73 Å². The Hall–Kier alpha value is -3.49. The van der Waals surface area contributed by atoms with Gasteiger partial charge in [-0.25, -0.2) is 9.37 Å². The minimum atomic E-state index is -0.370. The Labute approximate surface area is 156 Å². The van der Waals surface area contributed by atoms with Gasteiger partial charge in [-0.05, 0) is 48.9 Å². The normalized spacial score (nSPS) is 12.1. The lowest BCUT2D eigenvalue weighted by Crippen LogP contribution is -2.04. The topological polar surface area (TPSA) is 67.6 Å². The van der Waals surface area contributed by atoms with Crippen molar-refractivity contribution < 1.29 is 4.39 Å². The maximum atomic E-state index is 14.5. The molecule has 0 saturated carbocycles. The van der Waals surface area contributed by atoms with Crippen molar-refractivity contribution in [2.24, 2.45) is 5.73 Å². The van der Waals surface area contributed by atoms with Crippen molar-refractivity contribution in [2.75, 3.05) is 0 Å². The van der Waals surface area contributed by atoms with Crippen LogP contribution in [0.25, 0.3) is 27.8 Å². The number of nitrogens with zero attached hydrogens (tertiary/aromatic N) is 3. The Morgan fingerprint density at radius 1 is 1.07 bits per heavy atom. The molecule has 1 atom stereocenters. The summed E-state index contributed by atoms with van der Waals surface area (Å²) in [7, 11) is 0. The number of fused-ring (bicyclic) bond motifs is 1. The molecule has 0 bridgehead atoms. The van der Waals surface area contributed by atoms with Crippen molar-refractivity contribution in [3.05, 3.63) is 83.9 Å². The molecule has 1 heterocycles. The molecule has 0 aliphatic rings. The third kappa shape index (κ3) is 2.97. The number of rotatable bonds is 3. The molecule has 27 heavy (non-hydrogen) atoms. The van der Waals surface area contributed by atoms with E-state index >= 15 is 0 Å². The lowest BCUT2D eigenvalue weighted by molar-refractivity contribution is 0.631. The van der Waals surface area contributed by atoms with Gasteiger partial charge in [0.05, 0.1) is 22.7 Å². The second-order valence-corrected chi connectivity index (χ2v) is 6.47. The minimum Gasteiger partial charge on any atom is -0.324 e. The summed E-state index contributed by atoms with van der Waals surface area (Å²) in [4.78, 5) is 4.46. The average molecular weight is 356 g/mol. The standard InChI is InChI=1S/C22H17FN4/c1-14(25)15-6-9-22-21(10-15)26-13-27(22)17-7-8-20(23)19(11-17)18-5-3-2-4-16(18)12-24/h2-11,13-14H,25H2,1H3/t14-/m0/s1. The molecular weight excluding hydrogens is 339 g/mol. The van der Waals surface area contributed by atoms with Crippen LogP contribution in [-0.4, -0.2) is 9.55 Å². The Bertz CT molecular complexity index is 1180. The van der Waals surface area contributed by atoms with Crippen molar-refractivity contribution in [1.82, 2.24) is 9.55 Å². The van der Waals surface area contributed by atoms with Crippen LogP contribution < -0.4 is 5.73 Å². The maximum Gasteiger partial charge on any atom is 0.131 e. The molecule has 0 fully saturated rings. The van der Waals surface area contributed by atoms with Gasteiger partial charge < -0.3 is 5.73 Å². The molecule has 0 aliphatic carbocycles. The van der Waals surface area contributed by atoms with Crippen molar-refractivity contribution in [3.63, 3.8) is 0 Å². The fourth-order valence-electron chi connectivity index (χ4n) is 3.20. The first-order valence-electron chi connectivity index (χ1n) is 8.60. The summed E-state index contributed by atoms with van der Waals surface area (Å²) < 4.78 is 16.4. The van der Waals surface area contributed by atoms with Gasteiger partial charge in [-0.1, -0.05) is 24.3 Å². The number of nitrogens with two attached hydrogens (primary N) is 1. The molecule has 1 aromatic heterocycles. The van der Waals surface area contributed by atoms with Gasteiger partial charge in [-0.3, -0.25) is 4.57 Å². The fraction of sp³-hybridized carbons (Fsp3) is 0.0909. The van der Waals surface area contributed by atoms with Crippen LogP contribution >= 0.6 is 0 Å². The number of halogens is 1. The zero-order valence-electron chi connectivity index (χ0n) is 14.7. The summed E-state index contributed by atoms with van der Waals surface area (Å²) in [5, 5.41) is 9.34. The van der Waals surface area contributed by atoms with Gasteiger partial charge in [0.15, 0.2) is 0 Å². The molecule has 132 valence electrons. The summed E-state index contributed by atoms with van der Waals surface area (Å²) in [5.74, 6) is -0.370. The molecule has 0 aliphatic heterocycles. The predicted octanol–water partition coefficient (Wildman–Crippen LogP) is 4.72. The molecule has 0 saturated heterocycles. The Morgan fingerprint density at radius 3 is 2.67 bits per heavy atom. The van der Waals surface area contributed by atoms with E-state index in [1.54, 1.807) is 42.7 Å². The number of benzene rings is 3. The summed E-state index contributed by atoms with van der Waals surface area (Å²) in [5.41, 5.74) is 10.9. The summed E-state index contributed by atoms with van der Waals surface area (Å²) in [6, 6.07) is 19.8. The fourth-order valence-corrected chi connectivity index (χ4v) is 3.20. The highest BCUT2D eigenvalue weighted by Crippen LogP contribution is 2.29. The van der Waals surface area contributed by atoms with Crippen molar-refractivity contribution in [1.29, 1.82) is 5.26 Å². The first-order valence-corrected chi connectivity index (χ1v) is 8.60. The SMILES string of the molecule is C[C@H](N)c1ccc2c(c1)ncn2-c1ccc(F)c(-c2ccccc2C#N)c1. The molecule has 4 rings (SSSR count). The number of hydrogen-bond donors (Lipinski definition) is 1. The number of nitriles is 1. The monoisotopic (exact) mass is 356 g/mol. The van der Waals surface area contributed by atoms with Crippen molar-refractivity contribution in [3.8, 4) is 22.9 Å². The van der Waals surface area contributed by atoms with Crippen molar-refractivity contribution in [2.45, 2.75) is 13.0 Å². The summed E-state index contributed by atoms with van der Waals surface area (Å²) >= 11 is 0. The van der Waals surface area contributed by atoms with Gasteiger partial charge in [-0.15, -0.1) is 0 Å². The number of imidazole rings is 1. The zero-order chi connectivity index (χ0) is 19.0. The van der Waals surface area contributed by atoms with Crippen molar-refractivity contribution >= 4 is 11.0 Å². The third-order valence-corrected chi connectivity index (χ3v) is 4.66. The third-order valence-electron chi connectivity index (χ3n) is 4.66. The van der Waals surface area contributed by atoms with Crippen LogP contribution in [0.15, 0.2) is 67.0 Å². The van der Waals surface area contributed by atoms with Crippen LogP contribution in [0.2, 0.25) is 0 Å². The first kappa shape index (κ1) is 17.0. The molecule has 0 radical (unpaired) electrons. The largest absolute Gasteiger partial charge is 0.324 e. The summed E-state index contributed by atoms with van der Waals surface area (Å²) in [6.45, 7) is 1.93. The van der Waals surface area contributed by atoms with Crippen LogP contribution in [0, 0.1) is 17.1 Å². The van der Waals surface area contributed by atoms with Gasteiger partial charge >= 0.3 is 0 Å². The van der Waals surface area contributed by atoms with Crippen LogP contribution in [-0.2, 0) is 0 Å². The Kier molecular flexibility index (Phi) is 4.19. The maximum absolute atomic E-state index is 14.5. The van der Waals surface area contributed by atoms with Gasteiger partial charge in [0.2, 0.25) is 0 Å². The van der Waals surface area contributed by atoms with E-state index in [2.05, 4.69) is 11.1 Å². The second kappa shape index (κ2) is 6.67. The number of hydrogen-bond acceptors (Lipinski definition) is 3. The van der Waals surface area contributed by atoms with Crippen LogP contribution in [0.5, 0.6) is 0 Å². The van der Waals surface area contributed by atoms with E-state index in [-0.39, 0.29) is 11.9 Å². The van der Waals surface area contributed by atoms with E-state index in [1.165, 1.54) is 6.07 Å². The molecule has 0 spiro atoms. The first-order chi connectivity index (χ1) is 13.1. The van der Waals surface area contributed by atoms with Gasteiger partial charge in [0.25, 0.3) is 0 Å². The number of aromatic nitrogens is 2. The van der Waals surface area contributed by atoms with Gasteiger partial charge in [0.1, 0.15) is 12.1 Å². The highest BCUT2D eigenvalue weighted by molar-refractivity contribution is 5.79. The lowest BCUT2D eigenvalue weighted by atomic mass is 9.99. The van der Waals surface area contributed by atoms with Gasteiger partial charge in [-0.2, -0.15) is 5.26 Å². The Morgan fingerprint density at radius 2 is 1.89 bits per heavy atom. The lowest BCUT2D eigenvalue weighted by Gasteiger charge is -2.11. The van der Waals surface area contributed by atoms with Gasteiger partial charge in [0, 0.05) is 22.9 Å². The molecule has 0 amide bonds. The van der Waals surface area contributed by atoms with Crippen LogP contribution in [0.4, 0.5) is 4.39 Å². The van der Waals surface area contributed by atoms with E-state index in [1.807, 2.05) is 29.7 Å². The quantitative estimate of drug-likeness (QED) is 0.577. The molecule has 4 aromatic rings. The highest BCUT2D eigenvalue weighted by Gasteiger charge is 2.13. The van der Waals surface area contributed by atoms with E-state index in [0.29, 0.717) is 16.7 Å². The Balaban J connectivity index is 1.87. The zero-order valence-corrected chi connectivity index (χ0v) is 14.7. The molecule has 2 N–H and O–H groups in total. The molecule has 3 aromatic carbocycles. The van der Waals surface area contributed by atoms with E-state index in [9.17, 15) is 9.65 Å². The predicted molar refractivity (Wildman–Crippen MR) is 104 cm³/mol. The minimum absolute atomic E-state index is 0.0699. The second-order valence-electron chi connectivity index (χ2n) is 6.47. The molecular formula is C22H17FN4. The molecule has 5 heteroatoms. The average Bonchev–Trinajstić information content (AvgIpc) is 3.11.